The van der Waals surface area contributed by atoms with Crippen LogP contribution in [0.25, 0.3) is 0 Å². The Morgan fingerprint density at radius 1 is 1.35 bits per heavy atom. The van der Waals surface area contributed by atoms with Crippen LogP contribution in [0.15, 0.2) is 39.9 Å². The summed E-state index contributed by atoms with van der Waals surface area (Å²) < 4.78 is 46.4. The van der Waals surface area contributed by atoms with Crippen LogP contribution in [0.4, 0.5) is 15.8 Å². The van der Waals surface area contributed by atoms with Gasteiger partial charge in [0.25, 0.3) is 10.0 Å². The lowest BCUT2D eigenvalue weighted by atomic mass is 9.94. The van der Waals surface area contributed by atoms with Gasteiger partial charge in [-0.05, 0) is 49.4 Å². The second-order valence-electron chi connectivity index (χ2n) is 6.05. The number of amides is 1. The fourth-order valence-corrected chi connectivity index (χ4v) is 4.85. The third-order valence-corrected chi connectivity index (χ3v) is 6.94. The fourth-order valence-electron chi connectivity index (χ4n) is 2.80. The van der Waals surface area contributed by atoms with Crippen molar-refractivity contribution in [2.45, 2.75) is 30.1 Å². The molecule has 6 nitrogen and oxygen atoms in total. The van der Waals surface area contributed by atoms with Gasteiger partial charge in [0, 0.05) is 12.3 Å². The summed E-state index contributed by atoms with van der Waals surface area (Å²) in [5, 5.41) is 4.33. The van der Waals surface area contributed by atoms with Crippen molar-refractivity contribution in [3.63, 3.8) is 0 Å². The highest BCUT2D eigenvalue weighted by atomic mass is 32.2. The molecule has 2 heterocycles. The summed E-state index contributed by atoms with van der Waals surface area (Å²) >= 11 is 1.03. The van der Waals surface area contributed by atoms with Gasteiger partial charge < -0.3 is 10.1 Å². The zero-order valence-corrected chi connectivity index (χ0v) is 15.7. The van der Waals surface area contributed by atoms with Crippen molar-refractivity contribution in [1.82, 2.24) is 0 Å². The topological polar surface area (TPSA) is 84.5 Å². The Labute approximate surface area is 155 Å². The Hall–Kier alpha value is -1.97. The summed E-state index contributed by atoms with van der Waals surface area (Å²) in [6.45, 7) is 2.48. The van der Waals surface area contributed by atoms with Gasteiger partial charge in [-0.2, -0.15) is 0 Å². The first-order valence-electron chi connectivity index (χ1n) is 8.15. The molecule has 140 valence electrons. The number of nitrogens with one attached hydrogen (secondary N) is 2. The molecule has 1 aliphatic heterocycles. The quantitative estimate of drug-likeness (QED) is 0.808. The Kier molecular flexibility index (Phi) is 5.59. The van der Waals surface area contributed by atoms with Gasteiger partial charge >= 0.3 is 0 Å². The number of hydrogen-bond donors (Lipinski definition) is 2. The van der Waals surface area contributed by atoms with Crippen molar-refractivity contribution < 1.29 is 22.3 Å². The van der Waals surface area contributed by atoms with Crippen LogP contribution in [0.5, 0.6) is 0 Å². The van der Waals surface area contributed by atoms with Crippen molar-refractivity contribution in [2.75, 3.05) is 16.6 Å². The fraction of sp³-hybridized carbons (Fsp3) is 0.353. The highest BCUT2D eigenvalue weighted by Crippen LogP contribution is 2.26. The van der Waals surface area contributed by atoms with Crippen LogP contribution in [0.1, 0.15) is 19.8 Å². The number of halogens is 1. The number of sulfonamides is 1. The number of anilines is 2. The number of hydrogen-bond acceptors (Lipinski definition) is 5. The highest BCUT2D eigenvalue weighted by molar-refractivity contribution is 7.94. The molecule has 0 bridgehead atoms. The molecule has 0 spiro atoms. The Morgan fingerprint density at radius 2 is 2.15 bits per heavy atom. The number of benzene rings is 1. The van der Waals surface area contributed by atoms with Gasteiger partial charge in [-0.3, -0.25) is 9.52 Å². The Morgan fingerprint density at radius 3 is 2.85 bits per heavy atom. The van der Waals surface area contributed by atoms with E-state index in [9.17, 15) is 17.6 Å². The lowest BCUT2D eigenvalue weighted by Crippen LogP contribution is -2.36. The average Bonchev–Trinajstić information content (AvgIpc) is 3.13. The van der Waals surface area contributed by atoms with Gasteiger partial charge in [0.2, 0.25) is 5.91 Å². The second kappa shape index (κ2) is 7.73. The maximum absolute atomic E-state index is 14.0. The molecule has 1 amide bonds. The first-order chi connectivity index (χ1) is 12.4. The summed E-state index contributed by atoms with van der Waals surface area (Å²) in [6.07, 6.45) is 1.32. The minimum Gasteiger partial charge on any atom is -0.378 e. The monoisotopic (exact) mass is 398 g/mol. The molecule has 0 aliphatic carbocycles. The molecule has 1 fully saturated rings. The molecule has 9 heteroatoms. The van der Waals surface area contributed by atoms with Crippen LogP contribution in [0.3, 0.4) is 0 Å². The first-order valence-corrected chi connectivity index (χ1v) is 10.5. The minimum absolute atomic E-state index is 0.0829. The second-order valence-corrected chi connectivity index (χ2v) is 8.90. The smallest absolute Gasteiger partial charge is 0.271 e. The van der Waals surface area contributed by atoms with E-state index in [4.69, 9.17) is 4.74 Å². The van der Waals surface area contributed by atoms with Gasteiger partial charge in [0.05, 0.1) is 17.7 Å². The van der Waals surface area contributed by atoms with E-state index in [1.807, 2.05) is 6.92 Å². The maximum Gasteiger partial charge on any atom is 0.271 e. The summed E-state index contributed by atoms with van der Waals surface area (Å²) in [5.41, 5.74) is 0.0993. The van der Waals surface area contributed by atoms with Gasteiger partial charge in [0.1, 0.15) is 10.0 Å². The van der Waals surface area contributed by atoms with Gasteiger partial charge in [-0.15, -0.1) is 11.3 Å². The van der Waals surface area contributed by atoms with Gasteiger partial charge in [-0.1, -0.05) is 6.07 Å². The first kappa shape index (κ1) is 18.8. The molecule has 26 heavy (non-hydrogen) atoms. The maximum atomic E-state index is 14.0. The molecular weight excluding hydrogens is 379 g/mol. The van der Waals surface area contributed by atoms with E-state index in [0.717, 1.165) is 23.8 Å². The molecule has 2 unspecified atom stereocenters. The molecule has 2 atom stereocenters. The lowest BCUT2D eigenvalue weighted by Gasteiger charge is -2.28. The largest absolute Gasteiger partial charge is 0.378 e. The van der Waals surface area contributed by atoms with E-state index in [0.29, 0.717) is 18.7 Å². The predicted octanol–water partition coefficient (Wildman–Crippen LogP) is 3.44. The number of carbonyl (C=O) groups excluding carboxylic acids is 1. The van der Waals surface area contributed by atoms with E-state index >= 15 is 0 Å². The van der Waals surface area contributed by atoms with Gasteiger partial charge in [-0.25, -0.2) is 12.8 Å². The molecule has 1 saturated heterocycles. The van der Waals surface area contributed by atoms with E-state index < -0.39 is 15.8 Å². The van der Waals surface area contributed by atoms with Crippen molar-refractivity contribution in [3.05, 3.63) is 41.5 Å². The molecular formula is C17H19FN2O4S2. The molecule has 2 N–H and O–H groups in total. The molecule has 1 aromatic carbocycles. The molecule has 2 aromatic rings. The third-order valence-electron chi connectivity index (χ3n) is 4.18. The SMILES string of the molecule is CC1OCCCC1C(=O)Nc1ccc(F)c(NS(=O)(=O)c2cccs2)c1. The molecule has 3 rings (SSSR count). The van der Waals surface area contributed by atoms with Crippen molar-refractivity contribution in [3.8, 4) is 0 Å². The minimum atomic E-state index is -3.87. The molecule has 1 aliphatic rings. The van der Waals surface area contributed by atoms with E-state index in [1.54, 1.807) is 11.4 Å². The van der Waals surface area contributed by atoms with Crippen LogP contribution >= 0.6 is 11.3 Å². The lowest BCUT2D eigenvalue weighted by molar-refractivity contribution is -0.127. The Bertz CT molecular complexity index is 884. The molecule has 0 saturated carbocycles. The average molecular weight is 398 g/mol. The van der Waals surface area contributed by atoms with Crippen LogP contribution < -0.4 is 10.0 Å². The van der Waals surface area contributed by atoms with Crippen molar-refractivity contribution in [2.24, 2.45) is 5.92 Å². The summed E-state index contributed by atoms with van der Waals surface area (Å²) in [4.78, 5) is 12.4. The van der Waals surface area contributed by atoms with E-state index in [1.165, 1.54) is 18.2 Å². The number of thiophene rings is 1. The Balaban J connectivity index is 1.76. The standard InChI is InChI=1S/C17H19FN2O4S2/c1-11-13(4-2-8-24-11)17(21)19-12-6-7-14(18)15(10-12)20-26(22,23)16-5-3-9-25-16/h3,5-7,9-11,13,20H,2,4,8H2,1H3,(H,19,21). The number of rotatable bonds is 5. The zero-order valence-electron chi connectivity index (χ0n) is 14.1. The third kappa shape index (κ3) is 4.22. The predicted molar refractivity (Wildman–Crippen MR) is 98.3 cm³/mol. The van der Waals surface area contributed by atoms with Crippen LogP contribution in [0, 0.1) is 11.7 Å². The molecule has 0 radical (unpaired) electrons. The van der Waals surface area contributed by atoms with E-state index in [2.05, 4.69) is 10.0 Å². The summed E-state index contributed by atoms with van der Waals surface area (Å²) in [6, 6.07) is 6.81. The highest BCUT2D eigenvalue weighted by Gasteiger charge is 2.28. The normalized spacial score (nSPS) is 20.5. The zero-order chi connectivity index (χ0) is 18.7. The van der Waals surface area contributed by atoms with Crippen molar-refractivity contribution in [1.29, 1.82) is 0 Å². The van der Waals surface area contributed by atoms with Crippen LogP contribution in [-0.2, 0) is 19.6 Å². The number of carbonyl (C=O) groups is 1. The summed E-state index contributed by atoms with van der Waals surface area (Å²) in [7, 11) is -3.87. The van der Waals surface area contributed by atoms with Gasteiger partial charge in [0.15, 0.2) is 0 Å². The number of ether oxygens (including phenoxy) is 1. The van der Waals surface area contributed by atoms with E-state index in [-0.39, 0.29) is 27.8 Å². The van der Waals surface area contributed by atoms with Crippen molar-refractivity contribution >= 4 is 38.6 Å². The summed E-state index contributed by atoms with van der Waals surface area (Å²) in [5.74, 6) is -1.24. The van der Waals surface area contributed by atoms with Crippen LogP contribution in [0.2, 0.25) is 0 Å². The van der Waals surface area contributed by atoms with Crippen LogP contribution in [-0.4, -0.2) is 27.0 Å². The molecule has 1 aromatic heterocycles.